The molecule has 2 N–H and O–H groups in total. The van der Waals surface area contributed by atoms with Crippen molar-refractivity contribution in [2.45, 2.75) is 44.6 Å². The molecule has 0 spiro atoms. The summed E-state index contributed by atoms with van der Waals surface area (Å²) < 4.78 is 0. The Morgan fingerprint density at radius 2 is 1.95 bits per heavy atom. The van der Waals surface area contributed by atoms with Crippen LogP contribution in [0.2, 0.25) is 5.02 Å². The van der Waals surface area contributed by atoms with E-state index in [-0.39, 0.29) is 5.91 Å². The highest BCUT2D eigenvalue weighted by Gasteiger charge is 2.36. The Morgan fingerprint density at radius 1 is 1.20 bits per heavy atom. The van der Waals surface area contributed by atoms with Gasteiger partial charge in [0.15, 0.2) is 0 Å². The van der Waals surface area contributed by atoms with Crippen LogP contribution in [0.4, 0.5) is 5.69 Å². The number of halogens is 1. The monoisotopic (exact) mass is 292 g/mol. The molecule has 0 aromatic heterocycles. The molecule has 1 saturated carbocycles. The molecule has 1 unspecified atom stereocenters. The Bertz CT molecular complexity index is 511. The van der Waals surface area contributed by atoms with Gasteiger partial charge in [-0.05, 0) is 43.7 Å². The van der Waals surface area contributed by atoms with E-state index in [1.54, 1.807) is 18.2 Å². The lowest BCUT2D eigenvalue weighted by atomic mass is 9.95. The number of nitrogen functional groups attached to an aromatic ring is 1. The molecule has 0 radical (unpaired) electrons. The smallest absolute Gasteiger partial charge is 0.256 e. The van der Waals surface area contributed by atoms with Crippen LogP contribution in [0.15, 0.2) is 18.2 Å². The highest BCUT2D eigenvalue weighted by molar-refractivity contribution is 6.33. The van der Waals surface area contributed by atoms with Gasteiger partial charge in [0, 0.05) is 12.6 Å². The molecule has 0 bridgehead atoms. The summed E-state index contributed by atoms with van der Waals surface area (Å²) in [6.45, 7) is 0.853. The van der Waals surface area contributed by atoms with Crippen LogP contribution in [0.25, 0.3) is 0 Å². The minimum absolute atomic E-state index is 0.0550. The summed E-state index contributed by atoms with van der Waals surface area (Å²) in [5, 5.41) is 0.465. The third-order valence-electron chi connectivity index (χ3n) is 4.79. The van der Waals surface area contributed by atoms with Crippen LogP contribution >= 0.6 is 11.6 Å². The fourth-order valence-corrected chi connectivity index (χ4v) is 3.93. The van der Waals surface area contributed by atoms with Gasteiger partial charge in [0.05, 0.1) is 16.3 Å². The molecule has 1 aliphatic heterocycles. The second kappa shape index (κ2) is 5.65. The third-order valence-corrected chi connectivity index (χ3v) is 5.12. The van der Waals surface area contributed by atoms with Gasteiger partial charge in [-0.3, -0.25) is 4.79 Å². The van der Waals surface area contributed by atoms with E-state index in [0.717, 1.165) is 19.4 Å². The van der Waals surface area contributed by atoms with Crippen LogP contribution in [0, 0.1) is 5.92 Å². The zero-order valence-corrected chi connectivity index (χ0v) is 12.4. The summed E-state index contributed by atoms with van der Waals surface area (Å²) in [5.41, 5.74) is 6.94. The predicted octanol–water partition coefficient (Wildman–Crippen LogP) is 3.72. The van der Waals surface area contributed by atoms with E-state index in [1.165, 1.54) is 25.7 Å². The lowest BCUT2D eigenvalue weighted by molar-refractivity contribution is 0.0690. The summed E-state index contributed by atoms with van der Waals surface area (Å²) in [6, 6.07) is 5.72. The van der Waals surface area contributed by atoms with Crippen molar-refractivity contribution in [1.82, 2.24) is 4.90 Å². The number of nitrogens with two attached hydrogens (primary N) is 1. The van der Waals surface area contributed by atoms with Crippen molar-refractivity contribution in [3.05, 3.63) is 28.8 Å². The normalized spacial score (nSPS) is 23.4. The standard InChI is InChI=1S/C16H21ClN2O/c17-13-8-3-7-12(15(13)18)16(20)19-10-4-9-14(19)11-5-1-2-6-11/h3,7-8,11,14H,1-2,4-6,9-10,18H2. The second-order valence-electron chi connectivity index (χ2n) is 5.95. The molecule has 1 atom stereocenters. The molecule has 2 fully saturated rings. The maximum atomic E-state index is 12.8. The SMILES string of the molecule is Nc1c(Cl)cccc1C(=O)N1CCCC1C1CCCC1. The lowest BCUT2D eigenvalue weighted by Gasteiger charge is -2.30. The van der Waals surface area contributed by atoms with Crippen molar-refractivity contribution in [2.75, 3.05) is 12.3 Å². The van der Waals surface area contributed by atoms with Gasteiger partial charge in [-0.25, -0.2) is 0 Å². The molecule has 1 aliphatic carbocycles. The number of anilines is 1. The number of para-hydroxylation sites is 1. The average molecular weight is 293 g/mol. The summed E-state index contributed by atoms with van der Waals surface area (Å²) in [7, 11) is 0. The van der Waals surface area contributed by atoms with Crippen LogP contribution in [0.3, 0.4) is 0 Å². The van der Waals surface area contributed by atoms with Crippen LogP contribution in [0.5, 0.6) is 0 Å². The number of rotatable bonds is 2. The van der Waals surface area contributed by atoms with Gasteiger partial charge < -0.3 is 10.6 Å². The molecular formula is C16H21ClN2O. The second-order valence-corrected chi connectivity index (χ2v) is 6.36. The third kappa shape index (κ3) is 2.39. The minimum Gasteiger partial charge on any atom is -0.397 e. The van der Waals surface area contributed by atoms with E-state index in [1.807, 2.05) is 4.90 Å². The summed E-state index contributed by atoms with van der Waals surface area (Å²) in [4.78, 5) is 14.8. The first kappa shape index (κ1) is 13.7. The van der Waals surface area contributed by atoms with Crippen LogP contribution in [-0.4, -0.2) is 23.4 Å². The number of carbonyl (C=O) groups excluding carboxylic acids is 1. The summed E-state index contributed by atoms with van der Waals surface area (Å²) in [6.07, 6.45) is 7.38. The Hall–Kier alpha value is -1.22. The molecule has 1 aromatic carbocycles. The minimum atomic E-state index is 0.0550. The van der Waals surface area contributed by atoms with Gasteiger partial charge >= 0.3 is 0 Å². The first-order valence-electron chi connectivity index (χ1n) is 7.53. The number of hydrogen-bond donors (Lipinski definition) is 1. The number of hydrogen-bond acceptors (Lipinski definition) is 2. The van der Waals surface area contributed by atoms with Crippen LogP contribution in [-0.2, 0) is 0 Å². The molecule has 3 nitrogen and oxygen atoms in total. The van der Waals surface area contributed by atoms with Crippen molar-refractivity contribution < 1.29 is 4.79 Å². The Kier molecular flexibility index (Phi) is 3.88. The number of carbonyl (C=O) groups is 1. The van der Waals surface area contributed by atoms with Gasteiger partial charge in [-0.15, -0.1) is 0 Å². The van der Waals surface area contributed by atoms with Crippen LogP contribution in [0.1, 0.15) is 48.9 Å². The van der Waals surface area contributed by atoms with Crippen LogP contribution < -0.4 is 5.73 Å². The van der Waals surface area contributed by atoms with E-state index in [2.05, 4.69) is 0 Å². The Morgan fingerprint density at radius 3 is 2.70 bits per heavy atom. The molecule has 1 amide bonds. The van der Waals surface area contributed by atoms with E-state index in [9.17, 15) is 4.79 Å². The fourth-order valence-electron chi connectivity index (χ4n) is 3.76. The van der Waals surface area contributed by atoms with Crippen molar-refractivity contribution in [1.29, 1.82) is 0 Å². The number of benzene rings is 1. The number of amides is 1. The molecule has 108 valence electrons. The van der Waals surface area contributed by atoms with Gasteiger partial charge in [0.25, 0.3) is 5.91 Å². The predicted molar refractivity (Wildman–Crippen MR) is 81.9 cm³/mol. The first-order chi connectivity index (χ1) is 9.68. The number of nitrogens with zero attached hydrogens (tertiary/aromatic N) is 1. The molecular weight excluding hydrogens is 272 g/mol. The zero-order valence-electron chi connectivity index (χ0n) is 11.6. The van der Waals surface area contributed by atoms with Crippen molar-refractivity contribution in [3.63, 3.8) is 0 Å². The lowest BCUT2D eigenvalue weighted by Crippen LogP contribution is -2.39. The maximum Gasteiger partial charge on any atom is 0.256 e. The molecule has 2 aliphatic rings. The molecule has 1 aromatic rings. The molecule has 3 rings (SSSR count). The maximum absolute atomic E-state index is 12.8. The molecule has 4 heteroatoms. The number of likely N-dealkylation sites (tertiary alicyclic amines) is 1. The first-order valence-corrected chi connectivity index (χ1v) is 7.91. The Balaban J connectivity index is 1.83. The Labute approximate surface area is 125 Å². The van der Waals surface area contributed by atoms with Gasteiger partial charge in [0.2, 0.25) is 0 Å². The summed E-state index contributed by atoms with van der Waals surface area (Å²) in [5.74, 6) is 0.737. The fraction of sp³-hybridized carbons (Fsp3) is 0.562. The van der Waals surface area contributed by atoms with E-state index in [4.69, 9.17) is 17.3 Å². The highest BCUT2D eigenvalue weighted by Crippen LogP contribution is 2.36. The van der Waals surface area contributed by atoms with E-state index in [0.29, 0.717) is 28.2 Å². The molecule has 1 saturated heterocycles. The van der Waals surface area contributed by atoms with Crippen molar-refractivity contribution >= 4 is 23.2 Å². The topological polar surface area (TPSA) is 46.3 Å². The molecule has 20 heavy (non-hydrogen) atoms. The van der Waals surface area contributed by atoms with Gasteiger partial charge in [-0.1, -0.05) is 30.5 Å². The van der Waals surface area contributed by atoms with Crippen molar-refractivity contribution in [3.8, 4) is 0 Å². The van der Waals surface area contributed by atoms with E-state index < -0.39 is 0 Å². The highest BCUT2D eigenvalue weighted by atomic mass is 35.5. The van der Waals surface area contributed by atoms with Crippen molar-refractivity contribution in [2.24, 2.45) is 5.92 Å². The zero-order chi connectivity index (χ0) is 14.1. The molecule has 1 heterocycles. The van der Waals surface area contributed by atoms with Gasteiger partial charge in [0.1, 0.15) is 0 Å². The van der Waals surface area contributed by atoms with E-state index >= 15 is 0 Å². The summed E-state index contributed by atoms with van der Waals surface area (Å²) >= 11 is 6.03. The average Bonchev–Trinajstić information content (AvgIpc) is 3.10. The largest absolute Gasteiger partial charge is 0.397 e. The quantitative estimate of drug-likeness (QED) is 0.845. The van der Waals surface area contributed by atoms with Gasteiger partial charge in [-0.2, -0.15) is 0 Å².